The molecular weight excluding hydrogens is 387 g/mol. The summed E-state index contributed by atoms with van der Waals surface area (Å²) in [6.07, 6.45) is 0.279. The molecule has 1 atom stereocenters. The van der Waals surface area contributed by atoms with Gasteiger partial charge in [0.05, 0.1) is 0 Å². The maximum absolute atomic E-state index is 12.3. The molecule has 7 nitrogen and oxygen atoms in total. The van der Waals surface area contributed by atoms with E-state index in [1.165, 1.54) is 24.3 Å². The molecule has 0 fully saturated rings. The molecule has 0 saturated heterocycles. The molecule has 3 N–H and O–H groups in total. The number of urea groups is 1. The van der Waals surface area contributed by atoms with E-state index in [-0.39, 0.29) is 34.7 Å². The molecule has 0 aromatic heterocycles. The number of alkyl halides is 3. The van der Waals surface area contributed by atoms with Crippen LogP contribution in [-0.2, 0) is 14.4 Å². The Morgan fingerprint density at radius 3 is 2.22 bits per heavy atom. The van der Waals surface area contributed by atoms with E-state index < -0.39 is 29.5 Å². The van der Waals surface area contributed by atoms with Crippen LogP contribution in [0.2, 0.25) is 0 Å². The van der Waals surface area contributed by atoms with Gasteiger partial charge in [-0.1, -0.05) is 13.8 Å². The summed E-state index contributed by atoms with van der Waals surface area (Å²) in [4.78, 5) is 39.2. The van der Waals surface area contributed by atoms with E-state index in [0.717, 1.165) is 6.92 Å². The maximum atomic E-state index is 12.3. The Hall–Kier alpha value is -2.43. The molecule has 150 valence electrons. The van der Waals surface area contributed by atoms with Crippen molar-refractivity contribution in [2.75, 3.05) is 5.32 Å². The number of hydrogen-bond donors (Lipinski definition) is 3. The Labute approximate surface area is 158 Å². The molecule has 0 aliphatic heterocycles. The van der Waals surface area contributed by atoms with E-state index in [1.807, 2.05) is 19.3 Å². The van der Waals surface area contributed by atoms with Crippen LogP contribution in [0.5, 0.6) is 0 Å². The minimum absolute atomic E-state index is 0.0214. The summed E-state index contributed by atoms with van der Waals surface area (Å²) in [5, 5.41) is 4.86. The molecule has 27 heavy (non-hydrogen) atoms. The van der Waals surface area contributed by atoms with Gasteiger partial charge in [-0.05, 0) is 48.4 Å². The van der Waals surface area contributed by atoms with Gasteiger partial charge in [0.2, 0.25) is 0 Å². The van der Waals surface area contributed by atoms with Crippen LogP contribution in [-0.4, -0.2) is 29.5 Å². The lowest BCUT2D eigenvalue weighted by molar-refractivity contribution is -0.156. The summed E-state index contributed by atoms with van der Waals surface area (Å²) in [6, 6.07) is 3.35. The first-order valence-corrected chi connectivity index (χ1v) is 8.68. The minimum atomic E-state index is -4.40. The third-order valence-electron chi connectivity index (χ3n) is 2.97. The second-order valence-electron chi connectivity index (χ2n) is 5.91. The Balaban J connectivity index is 2.67. The Kier molecular flexibility index (Phi) is 8.41. The first kappa shape index (κ1) is 22.6. The van der Waals surface area contributed by atoms with Crippen molar-refractivity contribution in [3.05, 3.63) is 24.3 Å². The number of hydrogen-bond acceptors (Lipinski definition) is 5. The van der Waals surface area contributed by atoms with Crippen LogP contribution in [0.1, 0.15) is 27.2 Å². The third-order valence-corrected chi connectivity index (χ3v) is 3.71. The lowest BCUT2D eigenvalue weighted by Crippen LogP contribution is -2.49. The molecule has 3 amide bonds. The molecule has 0 radical (unpaired) electrons. The highest BCUT2D eigenvalue weighted by atomic mass is 32.2. The second kappa shape index (κ2) is 10.0. The van der Waals surface area contributed by atoms with Crippen molar-refractivity contribution in [1.82, 2.24) is 10.8 Å². The van der Waals surface area contributed by atoms with E-state index in [9.17, 15) is 27.6 Å². The first-order chi connectivity index (χ1) is 12.5. The predicted octanol–water partition coefficient (Wildman–Crippen LogP) is 3.43. The molecule has 11 heteroatoms. The average molecular weight is 407 g/mol. The van der Waals surface area contributed by atoms with Crippen molar-refractivity contribution in [3.8, 4) is 0 Å². The highest BCUT2D eigenvalue weighted by Gasteiger charge is 2.29. The molecule has 0 saturated carbocycles. The lowest BCUT2D eigenvalue weighted by atomic mass is 10.0. The first-order valence-electron chi connectivity index (χ1n) is 7.87. The van der Waals surface area contributed by atoms with Crippen molar-refractivity contribution in [2.45, 2.75) is 43.6 Å². The standard InChI is InChI=1S/C16H20F3N3O4S/c1-9(2)8-13(14(24)22-26-10(3)23)21-15(25)20-11-4-6-12(7-5-11)27-16(17,18)19/h4-7,9,13H,8H2,1-3H3,(H,22,24)(H2,20,21,25)/t13-/m0/s1. The number of amides is 3. The molecule has 0 bridgehead atoms. The molecule has 0 unspecified atom stereocenters. The van der Waals surface area contributed by atoms with Crippen molar-refractivity contribution in [3.63, 3.8) is 0 Å². The van der Waals surface area contributed by atoms with Gasteiger partial charge in [-0.15, -0.1) is 0 Å². The highest BCUT2D eigenvalue weighted by molar-refractivity contribution is 8.00. The number of halogens is 3. The number of thioether (sulfide) groups is 1. The zero-order valence-electron chi connectivity index (χ0n) is 14.8. The quantitative estimate of drug-likeness (QED) is 0.496. The highest BCUT2D eigenvalue weighted by Crippen LogP contribution is 2.37. The predicted molar refractivity (Wildman–Crippen MR) is 93.7 cm³/mol. The molecule has 0 aliphatic carbocycles. The van der Waals surface area contributed by atoms with Crippen LogP contribution in [0.15, 0.2) is 29.2 Å². The van der Waals surface area contributed by atoms with Gasteiger partial charge in [-0.25, -0.2) is 4.79 Å². The van der Waals surface area contributed by atoms with Crippen molar-refractivity contribution >= 4 is 35.4 Å². The van der Waals surface area contributed by atoms with Gasteiger partial charge in [0, 0.05) is 17.5 Å². The van der Waals surface area contributed by atoms with Gasteiger partial charge in [-0.3, -0.25) is 9.59 Å². The molecule has 1 rings (SSSR count). The molecule has 1 aromatic rings. The number of rotatable bonds is 6. The third kappa shape index (κ3) is 9.73. The Morgan fingerprint density at radius 1 is 1.15 bits per heavy atom. The second-order valence-corrected chi connectivity index (χ2v) is 7.05. The maximum Gasteiger partial charge on any atom is 0.446 e. The topological polar surface area (TPSA) is 96.5 Å². The van der Waals surface area contributed by atoms with E-state index in [2.05, 4.69) is 15.5 Å². The zero-order valence-corrected chi connectivity index (χ0v) is 15.7. The lowest BCUT2D eigenvalue weighted by Gasteiger charge is -2.20. The molecule has 1 aromatic carbocycles. The summed E-state index contributed by atoms with van der Waals surface area (Å²) >= 11 is -0.265. The average Bonchev–Trinajstić information content (AvgIpc) is 2.52. The van der Waals surface area contributed by atoms with Gasteiger partial charge in [0.15, 0.2) is 0 Å². The molecule has 0 aliphatic rings. The molecule has 0 spiro atoms. The van der Waals surface area contributed by atoms with Gasteiger partial charge in [0.1, 0.15) is 6.04 Å². The summed E-state index contributed by atoms with van der Waals surface area (Å²) < 4.78 is 36.9. The largest absolute Gasteiger partial charge is 0.446 e. The van der Waals surface area contributed by atoms with Crippen LogP contribution in [0, 0.1) is 5.92 Å². The Bertz CT molecular complexity index is 666. The zero-order chi connectivity index (χ0) is 20.6. The van der Waals surface area contributed by atoms with E-state index >= 15 is 0 Å². The van der Waals surface area contributed by atoms with Crippen LogP contribution in [0.3, 0.4) is 0 Å². The van der Waals surface area contributed by atoms with Gasteiger partial charge in [0.25, 0.3) is 5.91 Å². The fraction of sp³-hybridized carbons (Fsp3) is 0.438. The van der Waals surface area contributed by atoms with Gasteiger partial charge in [-0.2, -0.15) is 18.7 Å². The number of nitrogens with one attached hydrogen (secondary N) is 3. The normalized spacial score (nSPS) is 12.3. The van der Waals surface area contributed by atoms with Crippen molar-refractivity contribution in [2.24, 2.45) is 5.92 Å². The summed E-state index contributed by atoms with van der Waals surface area (Å²) in [6.45, 7) is 4.78. The van der Waals surface area contributed by atoms with E-state index in [1.54, 1.807) is 0 Å². The fourth-order valence-corrected chi connectivity index (χ4v) is 2.50. The monoisotopic (exact) mass is 407 g/mol. The summed E-state index contributed by atoms with van der Waals surface area (Å²) in [5.41, 5.74) is -2.20. The van der Waals surface area contributed by atoms with E-state index in [4.69, 9.17) is 0 Å². The van der Waals surface area contributed by atoms with E-state index in [0.29, 0.717) is 0 Å². The number of carbonyl (C=O) groups is 3. The van der Waals surface area contributed by atoms with Crippen molar-refractivity contribution in [1.29, 1.82) is 0 Å². The number of carbonyl (C=O) groups excluding carboxylic acids is 3. The van der Waals surface area contributed by atoms with Gasteiger partial charge >= 0.3 is 17.5 Å². The smallest absolute Gasteiger partial charge is 0.341 e. The van der Waals surface area contributed by atoms with Crippen LogP contribution < -0.4 is 16.1 Å². The van der Waals surface area contributed by atoms with Crippen LogP contribution in [0.25, 0.3) is 0 Å². The minimum Gasteiger partial charge on any atom is -0.341 e. The van der Waals surface area contributed by atoms with Crippen LogP contribution >= 0.6 is 11.8 Å². The fourth-order valence-electron chi connectivity index (χ4n) is 1.96. The van der Waals surface area contributed by atoms with Gasteiger partial charge < -0.3 is 15.5 Å². The molecular formula is C16H20F3N3O4S. The molecule has 0 heterocycles. The number of anilines is 1. The SMILES string of the molecule is CC(=O)ONC(=O)[C@H](CC(C)C)NC(=O)Nc1ccc(SC(F)(F)F)cc1. The number of benzene rings is 1. The number of hydroxylamine groups is 1. The Morgan fingerprint density at radius 2 is 1.74 bits per heavy atom. The van der Waals surface area contributed by atoms with Crippen molar-refractivity contribution < 1.29 is 32.4 Å². The summed E-state index contributed by atoms with van der Waals surface area (Å²) in [7, 11) is 0. The van der Waals surface area contributed by atoms with Crippen LogP contribution in [0.4, 0.5) is 23.7 Å². The summed E-state index contributed by atoms with van der Waals surface area (Å²) in [5.74, 6) is -1.36.